The Balaban J connectivity index is 2.29. The van der Waals surface area contributed by atoms with E-state index in [1.165, 1.54) is 11.9 Å². The second kappa shape index (κ2) is 4.86. The Morgan fingerprint density at radius 1 is 1.75 bits per heavy atom. The van der Waals surface area contributed by atoms with E-state index in [9.17, 15) is 4.79 Å². The van der Waals surface area contributed by atoms with Crippen molar-refractivity contribution in [2.24, 2.45) is 0 Å². The van der Waals surface area contributed by atoms with E-state index in [1.54, 1.807) is 11.3 Å². The second-order valence-electron chi connectivity index (χ2n) is 1.88. The minimum atomic E-state index is -0.849. The molecule has 0 aliphatic carbocycles. The Morgan fingerprint density at radius 3 is 3.00 bits per heavy atom. The summed E-state index contributed by atoms with van der Waals surface area (Å²) in [5.74, 6) is -0.849. The molecule has 0 amide bonds. The SMILES string of the molecule is O=C(O)CNSc1ccc(Br)s1. The van der Waals surface area contributed by atoms with Gasteiger partial charge in [-0.3, -0.25) is 4.79 Å². The maximum absolute atomic E-state index is 10.1. The zero-order chi connectivity index (χ0) is 8.97. The average Bonchev–Trinajstić information content (AvgIpc) is 2.35. The van der Waals surface area contributed by atoms with Gasteiger partial charge in [0.1, 0.15) is 6.54 Å². The Hall–Kier alpha value is -0.0400. The zero-order valence-electron chi connectivity index (χ0n) is 5.91. The normalized spacial score (nSPS) is 10.1. The Bertz CT molecular complexity index is 276. The van der Waals surface area contributed by atoms with E-state index in [-0.39, 0.29) is 6.54 Å². The molecule has 0 aromatic carbocycles. The maximum atomic E-state index is 10.1. The fraction of sp³-hybridized carbons (Fsp3) is 0.167. The zero-order valence-corrected chi connectivity index (χ0v) is 9.13. The first-order valence-electron chi connectivity index (χ1n) is 3.05. The van der Waals surface area contributed by atoms with Crippen molar-refractivity contribution in [3.63, 3.8) is 0 Å². The van der Waals surface area contributed by atoms with Crippen LogP contribution in [0, 0.1) is 0 Å². The van der Waals surface area contributed by atoms with Crippen LogP contribution in [0.3, 0.4) is 0 Å². The highest BCUT2D eigenvalue weighted by molar-refractivity contribution is 9.11. The molecule has 1 heterocycles. The van der Waals surface area contributed by atoms with Crippen molar-refractivity contribution in [3.05, 3.63) is 15.9 Å². The Labute approximate surface area is 86.4 Å². The van der Waals surface area contributed by atoms with Crippen LogP contribution in [0.1, 0.15) is 0 Å². The van der Waals surface area contributed by atoms with Crippen molar-refractivity contribution < 1.29 is 9.90 Å². The summed E-state index contributed by atoms with van der Waals surface area (Å²) in [6.45, 7) is -0.0276. The molecule has 0 saturated carbocycles. The minimum absolute atomic E-state index is 0.0276. The van der Waals surface area contributed by atoms with Gasteiger partial charge in [-0.15, -0.1) is 11.3 Å². The molecule has 12 heavy (non-hydrogen) atoms. The third-order valence-corrected chi connectivity index (χ3v) is 3.49. The molecule has 3 nitrogen and oxygen atoms in total. The summed E-state index contributed by atoms with van der Waals surface area (Å²) >= 11 is 6.20. The highest BCUT2D eigenvalue weighted by Crippen LogP contribution is 2.28. The quantitative estimate of drug-likeness (QED) is 0.822. The predicted molar refractivity (Wildman–Crippen MR) is 53.5 cm³/mol. The van der Waals surface area contributed by atoms with Crippen LogP contribution in [-0.2, 0) is 4.79 Å². The summed E-state index contributed by atoms with van der Waals surface area (Å²) in [7, 11) is 0. The van der Waals surface area contributed by atoms with E-state index in [2.05, 4.69) is 20.7 Å². The molecule has 0 spiro atoms. The predicted octanol–water partition coefficient (Wildman–Crippen LogP) is 2.19. The number of aliphatic carboxylic acids is 1. The van der Waals surface area contributed by atoms with Gasteiger partial charge >= 0.3 is 5.97 Å². The molecule has 0 aliphatic rings. The summed E-state index contributed by atoms with van der Waals surface area (Å²) in [6.07, 6.45) is 0. The molecule has 0 fully saturated rings. The lowest BCUT2D eigenvalue weighted by Crippen LogP contribution is -2.14. The van der Waals surface area contributed by atoms with E-state index >= 15 is 0 Å². The van der Waals surface area contributed by atoms with Crippen LogP contribution in [0.25, 0.3) is 0 Å². The smallest absolute Gasteiger partial charge is 0.318 e. The van der Waals surface area contributed by atoms with Crippen molar-refractivity contribution in [2.45, 2.75) is 4.21 Å². The molecule has 0 unspecified atom stereocenters. The average molecular weight is 268 g/mol. The van der Waals surface area contributed by atoms with Gasteiger partial charge in [-0.2, -0.15) is 0 Å². The minimum Gasteiger partial charge on any atom is -0.480 e. The van der Waals surface area contributed by atoms with Gasteiger partial charge in [0, 0.05) is 0 Å². The van der Waals surface area contributed by atoms with Crippen LogP contribution in [-0.4, -0.2) is 17.6 Å². The highest BCUT2D eigenvalue weighted by Gasteiger charge is 1.99. The summed E-state index contributed by atoms with van der Waals surface area (Å²) < 4.78 is 4.81. The van der Waals surface area contributed by atoms with Crippen molar-refractivity contribution in [3.8, 4) is 0 Å². The molecule has 66 valence electrons. The van der Waals surface area contributed by atoms with Gasteiger partial charge in [-0.25, -0.2) is 4.72 Å². The molecule has 0 aliphatic heterocycles. The van der Waals surface area contributed by atoms with Gasteiger partial charge in [0.25, 0.3) is 0 Å². The number of halogens is 1. The van der Waals surface area contributed by atoms with Gasteiger partial charge in [0.2, 0.25) is 0 Å². The summed E-state index contributed by atoms with van der Waals surface area (Å²) in [6, 6.07) is 3.85. The molecule has 6 heteroatoms. The van der Waals surface area contributed by atoms with E-state index in [0.717, 1.165) is 8.00 Å². The Kier molecular flexibility index (Phi) is 4.07. The lowest BCUT2D eigenvalue weighted by molar-refractivity contribution is -0.135. The summed E-state index contributed by atoms with van der Waals surface area (Å²) in [4.78, 5) is 10.1. The van der Waals surface area contributed by atoms with Gasteiger partial charge in [0.15, 0.2) is 0 Å². The van der Waals surface area contributed by atoms with E-state index < -0.39 is 5.97 Å². The van der Waals surface area contributed by atoms with Crippen molar-refractivity contribution >= 4 is 45.2 Å². The standard InChI is InChI=1S/C6H6BrNO2S2/c7-4-1-2-6(11-4)12-8-3-5(9)10/h1-2,8H,3H2,(H,9,10). The first-order chi connectivity index (χ1) is 5.68. The molecule has 2 N–H and O–H groups in total. The van der Waals surface area contributed by atoms with Crippen LogP contribution in [0.2, 0.25) is 0 Å². The van der Waals surface area contributed by atoms with Crippen molar-refractivity contribution in [1.82, 2.24) is 4.72 Å². The molecule has 0 radical (unpaired) electrons. The third-order valence-electron chi connectivity index (χ3n) is 0.945. The second-order valence-corrected chi connectivity index (χ2v) is 5.53. The monoisotopic (exact) mass is 267 g/mol. The number of carboxylic acids is 1. The molecular weight excluding hydrogens is 262 g/mol. The fourth-order valence-electron chi connectivity index (χ4n) is 0.522. The molecule has 0 bridgehead atoms. The number of hydrogen-bond acceptors (Lipinski definition) is 4. The number of thiophene rings is 1. The number of carbonyl (C=O) groups is 1. The van der Waals surface area contributed by atoms with Crippen LogP contribution >= 0.6 is 39.2 Å². The summed E-state index contributed by atoms with van der Waals surface area (Å²) in [5, 5.41) is 8.32. The van der Waals surface area contributed by atoms with Crippen molar-refractivity contribution in [2.75, 3.05) is 6.54 Å². The van der Waals surface area contributed by atoms with Crippen LogP contribution in [0.15, 0.2) is 20.1 Å². The van der Waals surface area contributed by atoms with Crippen LogP contribution < -0.4 is 4.72 Å². The topological polar surface area (TPSA) is 49.3 Å². The van der Waals surface area contributed by atoms with Crippen LogP contribution in [0.4, 0.5) is 0 Å². The third kappa shape index (κ3) is 3.57. The molecule has 0 saturated heterocycles. The highest BCUT2D eigenvalue weighted by atomic mass is 79.9. The van der Waals surface area contributed by atoms with Gasteiger partial charge < -0.3 is 5.11 Å². The number of hydrogen-bond donors (Lipinski definition) is 2. The fourth-order valence-corrected chi connectivity index (χ4v) is 3.05. The molecule has 1 aromatic heterocycles. The number of nitrogens with one attached hydrogen (secondary N) is 1. The van der Waals surface area contributed by atoms with Crippen molar-refractivity contribution in [1.29, 1.82) is 0 Å². The van der Waals surface area contributed by atoms with E-state index in [4.69, 9.17) is 5.11 Å². The summed E-state index contributed by atoms with van der Waals surface area (Å²) in [5.41, 5.74) is 0. The molecule has 0 atom stereocenters. The maximum Gasteiger partial charge on any atom is 0.318 e. The largest absolute Gasteiger partial charge is 0.480 e. The van der Waals surface area contributed by atoms with Gasteiger partial charge in [-0.1, -0.05) is 0 Å². The lowest BCUT2D eigenvalue weighted by Gasteiger charge is -1.95. The molecular formula is C6H6BrNO2S2. The molecule has 1 aromatic rings. The molecule has 1 rings (SSSR count). The first-order valence-corrected chi connectivity index (χ1v) is 5.48. The van der Waals surface area contributed by atoms with E-state index in [1.807, 2.05) is 12.1 Å². The van der Waals surface area contributed by atoms with Gasteiger partial charge in [-0.05, 0) is 40.0 Å². The number of carboxylic acid groups (broad SMARTS) is 1. The lowest BCUT2D eigenvalue weighted by atomic mass is 10.7. The number of rotatable bonds is 4. The van der Waals surface area contributed by atoms with E-state index in [0.29, 0.717) is 0 Å². The van der Waals surface area contributed by atoms with Gasteiger partial charge in [0.05, 0.1) is 8.00 Å². The van der Waals surface area contributed by atoms with Crippen LogP contribution in [0.5, 0.6) is 0 Å². The Morgan fingerprint density at radius 2 is 2.50 bits per heavy atom. The first kappa shape index (κ1) is 10.0.